The van der Waals surface area contributed by atoms with Gasteiger partial charge in [0.25, 0.3) is 5.69 Å². The van der Waals surface area contributed by atoms with E-state index in [2.05, 4.69) is 15.5 Å². The maximum Gasteiger partial charge on any atom is 0.282 e. The Balaban J connectivity index is 2.23. The van der Waals surface area contributed by atoms with Crippen LogP contribution < -0.4 is 5.43 Å². The van der Waals surface area contributed by atoms with Crippen molar-refractivity contribution < 1.29 is 15.1 Å². The van der Waals surface area contributed by atoms with E-state index in [1.807, 2.05) is 12.3 Å². The van der Waals surface area contributed by atoms with Crippen LogP contribution >= 0.6 is 11.3 Å². The second-order valence-electron chi connectivity index (χ2n) is 3.82. The summed E-state index contributed by atoms with van der Waals surface area (Å²) in [5, 5.41) is 35.6. The molecule has 0 aliphatic rings. The van der Waals surface area contributed by atoms with Gasteiger partial charge in [-0.05, 0) is 13.0 Å². The summed E-state index contributed by atoms with van der Waals surface area (Å²) in [7, 11) is 0. The van der Waals surface area contributed by atoms with Gasteiger partial charge in [0.2, 0.25) is 5.13 Å². The summed E-state index contributed by atoms with van der Waals surface area (Å²) in [6.45, 7) is 1.83. The van der Waals surface area contributed by atoms with E-state index in [-0.39, 0.29) is 11.3 Å². The van der Waals surface area contributed by atoms with Gasteiger partial charge in [-0.2, -0.15) is 5.10 Å². The quantitative estimate of drug-likeness (QED) is 0.344. The summed E-state index contributed by atoms with van der Waals surface area (Å²) in [5.74, 6) is -1.01. The first-order chi connectivity index (χ1) is 9.47. The highest BCUT2D eigenvalue weighted by molar-refractivity contribution is 7.13. The van der Waals surface area contributed by atoms with Crippen molar-refractivity contribution in [3.8, 4) is 11.5 Å². The van der Waals surface area contributed by atoms with Crippen LogP contribution in [0.1, 0.15) is 11.3 Å². The van der Waals surface area contributed by atoms with Gasteiger partial charge in [-0.1, -0.05) is 0 Å². The molecule has 0 spiro atoms. The Kier molecular flexibility index (Phi) is 3.80. The molecule has 0 unspecified atom stereocenters. The Morgan fingerprint density at radius 2 is 2.15 bits per heavy atom. The number of hydrogen-bond donors (Lipinski definition) is 3. The number of aromatic nitrogens is 1. The molecule has 0 radical (unpaired) electrons. The molecule has 0 amide bonds. The van der Waals surface area contributed by atoms with Crippen molar-refractivity contribution in [2.45, 2.75) is 6.92 Å². The maximum absolute atomic E-state index is 10.8. The minimum atomic E-state index is -0.673. The first kappa shape index (κ1) is 13.7. The molecular formula is C11H10N4O4S. The number of nitrogens with zero attached hydrogens (tertiary/aromatic N) is 3. The van der Waals surface area contributed by atoms with Crippen LogP contribution in [0.3, 0.4) is 0 Å². The first-order valence-electron chi connectivity index (χ1n) is 5.39. The Morgan fingerprint density at radius 3 is 2.75 bits per heavy atom. The van der Waals surface area contributed by atoms with Crippen LogP contribution in [0.25, 0.3) is 0 Å². The minimum Gasteiger partial charge on any atom is -0.504 e. The fourth-order valence-electron chi connectivity index (χ4n) is 1.41. The molecule has 104 valence electrons. The third-order valence-electron chi connectivity index (χ3n) is 2.30. The van der Waals surface area contributed by atoms with Crippen molar-refractivity contribution in [3.63, 3.8) is 0 Å². The van der Waals surface area contributed by atoms with Gasteiger partial charge >= 0.3 is 0 Å². The number of nitrogens with one attached hydrogen (secondary N) is 1. The van der Waals surface area contributed by atoms with E-state index in [1.54, 1.807) is 0 Å². The fraction of sp³-hybridized carbons (Fsp3) is 0.0909. The summed E-state index contributed by atoms with van der Waals surface area (Å²) in [6, 6.07) is 1.93. The molecule has 0 atom stereocenters. The first-order valence-corrected chi connectivity index (χ1v) is 6.27. The summed E-state index contributed by atoms with van der Waals surface area (Å²) < 4.78 is 0. The molecule has 0 aliphatic heterocycles. The minimum absolute atomic E-state index is 0.0612. The van der Waals surface area contributed by atoms with E-state index in [0.717, 1.165) is 17.8 Å². The average Bonchev–Trinajstić information content (AvgIpc) is 2.79. The van der Waals surface area contributed by atoms with Crippen LogP contribution in [-0.4, -0.2) is 26.3 Å². The zero-order valence-electron chi connectivity index (χ0n) is 10.3. The van der Waals surface area contributed by atoms with Crippen LogP contribution in [0.2, 0.25) is 0 Å². The van der Waals surface area contributed by atoms with E-state index in [1.165, 1.54) is 17.6 Å². The van der Waals surface area contributed by atoms with Crippen LogP contribution in [0.5, 0.6) is 11.5 Å². The van der Waals surface area contributed by atoms with E-state index in [0.29, 0.717) is 5.13 Å². The number of hydrazone groups is 1. The third-order valence-corrected chi connectivity index (χ3v) is 3.17. The number of nitro groups is 1. The van der Waals surface area contributed by atoms with Gasteiger partial charge < -0.3 is 10.2 Å². The molecule has 20 heavy (non-hydrogen) atoms. The van der Waals surface area contributed by atoms with Gasteiger partial charge in [-0.15, -0.1) is 11.3 Å². The molecule has 1 heterocycles. The summed E-state index contributed by atoms with van der Waals surface area (Å²) in [4.78, 5) is 14.3. The molecule has 0 bridgehead atoms. The lowest BCUT2D eigenvalue weighted by molar-refractivity contribution is -0.385. The van der Waals surface area contributed by atoms with Crippen LogP contribution in [0.15, 0.2) is 22.6 Å². The molecule has 1 aromatic carbocycles. The lowest BCUT2D eigenvalue weighted by atomic mass is 10.1. The van der Waals surface area contributed by atoms with Gasteiger partial charge in [0.15, 0.2) is 11.5 Å². The largest absolute Gasteiger partial charge is 0.504 e. The molecule has 0 saturated carbocycles. The molecule has 2 rings (SSSR count). The van der Waals surface area contributed by atoms with Crippen molar-refractivity contribution in [3.05, 3.63) is 38.9 Å². The smallest absolute Gasteiger partial charge is 0.282 e. The Labute approximate surface area is 117 Å². The number of rotatable bonds is 4. The molecule has 2 aromatic rings. The van der Waals surface area contributed by atoms with E-state index >= 15 is 0 Å². The Hall–Kier alpha value is -2.68. The van der Waals surface area contributed by atoms with E-state index in [4.69, 9.17) is 0 Å². The van der Waals surface area contributed by atoms with Crippen molar-refractivity contribution in [2.75, 3.05) is 5.43 Å². The Morgan fingerprint density at radius 1 is 1.45 bits per heavy atom. The van der Waals surface area contributed by atoms with Crippen molar-refractivity contribution in [1.82, 2.24) is 4.98 Å². The summed E-state index contributed by atoms with van der Waals surface area (Å²) in [6.07, 6.45) is 1.17. The van der Waals surface area contributed by atoms with Crippen LogP contribution in [0.4, 0.5) is 10.8 Å². The second-order valence-corrected chi connectivity index (χ2v) is 4.68. The average molecular weight is 294 g/mol. The lowest BCUT2D eigenvalue weighted by Crippen LogP contribution is -1.96. The monoisotopic (exact) mass is 294 g/mol. The zero-order chi connectivity index (χ0) is 14.7. The molecule has 8 nitrogen and oxygen atoms in total. The summed E-state index contributed by atoms with van der Waals surface area (Å²) >= 11 is 1.34. The van der Waals surface area contributed by atoms with Crippen LogP contribution in [0, 0.1) is 17.0 Å². The van der Waals surface area contributed by atoms with Gasteiger partial charge in [0, 0.05) is 5.38 Å². The van der Waals surface area contributed by atoms with Gasteiger partial charge in [-0.25, -0.2) is 4.98 Å². The van der Waals surface area contributed by atoms with Crippen LogP contribution in [-0.2, 0) is 0 Å². The number of phenols is 2. The number of phenolic OH excluding ortho intramolecular Hbond substituents is 2. The number of benzene rings is 1. The number of nitro benzene ring substituents is 1. The highest BCUT2D eigenvalue weighted by Crippen LogP contribution is 2.31. The third kappa shape index (κ3) is 3.01. The molecular weight excluding hydrogens is 284 g/mol. The second kappa shape index (κ2) is 5.53. The topological polar surface area (TPSA) is 121 Å². The zero-order valence-corrected chi connectivity index (χ0v) is 11.1. The van der Waals surface area contributed by atoms with Crippen molar-refractivity contribution in [1.29, 1.82) is 0 Å². The van der Waals surface area contributed by atoms with E-state index < -0.39 is 16.4 Å². The molecule has 0 saturated heterocycles. The maximum atomic E-state index is 10.8. The normalized spacial score (nSPS) is 10.8. The van der Waals surface area contributed by atoms with Gasteiger partial charge in [-0.3, -0.25) is 15.5 Å². The number of anilines is 1. The fourth-order valence-corrected chi connectivity index (χ4v) is 2.04. The lowest BCUT2D eigenvalue weighted by Gasteiger charge is -2.01. The van der Waals surface area contributed by atoms with Gasteiger partial charge in [0.05, 0.1) is 28.5 Å². The molecule has 9 heteroatoms. The van der Waals surface area contributed by atoms with E-state index in [9.17, 15) is 20.3 Å². The SMILES string of the molecule is Cc1csc(NN=Cc2cc(O)c(O)cc2[N+](=O)[O-])n1. The highest BCUT2D eigenvalue weighted by Gasteiger charge is 2.16. The number of thiazole rings is 1. The molecule has 0 fully saturated rings. The Bertz CT molecular complexity index is 683. The predicted molar refractivity (Wildman–Crippen MR) is 74.5 cm³/mol. The van der Waals surface area contributed by atoms with Gasteiger partial charge in [0.1, 0.15) is 0 Å². The van der Waals surface area contributed by atoms with Crippen molar-refractivity contribution >= 4 is 28.4 Å². The molecule has 0 aliphatic carbocycles. The molecule has 1 aromatic heterocycles. The predicted octanol–water partition coefficient (Wildman–Crippen LogP) is 2.22. The number of aromatic hydroxyl groups is 2. The number of aryl methyl sites for hydroxylation is 1. The van der Waals surface area contributed by atoms with Crippen molar-refractivity contribution in [2.24, 2.45) is 5.10 Å². The standard InChI is InChI=1S/C11H10N4O4S/c1-6-5-20-11(13-6)14-12-4-7-2-9(16)10(17)3-8(7)15(18)19/h2-5,16-17H,1H3,(H,13,14). The highest BCUT2D eigenvalue weighted by atomic mass is 32.1. The summed E-state index contributed by atoms with van der Waals surface area (Å²) in [5.41, 5.74) is 3.16. The molecule has 3 N–H and O–H groups in total. The number of hydrogen-bond acceptors (Lipinski definition) is 8.